The number of carbonyl (C=O) groups excluding carboxylic acids is 4. The van der Waals surface area contributed by atoms with Crippen LogP contribution in [0, 0.1) is 0 Å². The van der Waals surface area contributed by atoms with Crippen molar-refractivity contribution in [3.63, 3.8) is 0 Å². The second kappa shape index (κ2) is 22.6. The quantitative estimate of drug-likeness (QED) is 0.136. The van der Waals surface area contributed by atoms with E-state index in [0.29, 0.717) is 32.5 Å². The van der Waals surface area contributed by atoms with E-state index in [0.717, 1.165) is 85.9 Å². The molecule has 294 valence electrons. The highest BCUT2D eigenvalue weighted by Gasteiger charge is 2.23. The minimum Gasteiger partial charge on any atom is -0.446 e. The molecule has 0 aliphatic carbocycles. The van der Waals surface area contributed by atoms with E-state index in [1.54, 1.807) is 23.9 Å². The van der Waals surface area contributed by atoms with Crippen LogP contribution in [0.5, 0.6) is 0 Å². The Morgan fingerprint density at radius 3 is 2.26 bits per heavy atom. The van der Waals surface area contributed by atoms with Crippen molar-refractivity contribution in [2.75, 3.05) is 91.3 Å². The van der Waals surface area contributed by atoms with Gasteiger partial charge in [-0.2, -0.15) is 0 Å². The molecule has 14 heteroatoms. The number of nitrogens with one attached hydrogen (secondary N) is 2. The molecule has 13 nitrogen and oxygen atoms in total. The monoisotopic (exact) mass is 763 g/mol. The number of unbranched alkanes of at least 4 members (excludes halogenated alkanes) is 2. The molecule has 1 aromatic heterocycles. The number of likely N-dealkylation sites (tertiary alicyclic amines) is 1. The molecule has 1 aliphatic heterocycles. The molecule has 4 amide bonds. The van der Waals surface area contributed by atoms with Crippen molar-refractivity contribution in [1.82, 2.24) is 24.6 Å². The van der Waals surface area contributed by atoms with E-state index in [4.69, 9.17) is 9.47 Å². The van der Waals surface area contributed by atoms with Gasteiger partial charge in [0.2, 0.25) is 17.7 Å². The lowest BCUT2D eigenvalue weighted by Crippen LogP contribution is -2.42. The van der Waals surface area contributed by atoms with E-state index >= 15 is 0 Å². The van der Waals surface area contributed by atoms with Crippen LogP contribution in [0.25, 0.3) is 11.1 Å². The van der Waals surface area contributed by atoms with Gasteiger partial charge in [0, 0.05) is 91.4 Å². The number of para-hydroxylation sites is 1. The van der Waals surface area contributed by atoms with Crippen LogP contribution in [0.15, 0.2) is 60.0 Å². The Bertz CT molecular complexity index is 1610. The number of thiazole rings is 1. The number of anilines is 2. The van der Waals surface area contributed by atoms with E-state index in [-0.39, 0.29) is 36.9 Å². The summed E-state index contributed by atoms with van der Waals surface area (Å²) < 4.78 is 10.6. The molecule has 1 aliphatic rings. The highest BCUT2D eigenvalue weighted by atomic mass is 32.1. The third-order valence-electron chi connectivity index (χ3n) is 9.57. The molecule has 0 atom stereocenters. The number of nitrogens with zero attached hydrogens (tertiary/aromatic N) is 5. The smallest absolute Gasteiger partial charge is 0.411 e. The standard InChI is InChI=1S/C40H57N7O6S/c1-44(22-13-23-45(2)38(50)29-52-4)37(49)28-32-30-54-39(42-32)41-21-12-6-9-18-36(48)46(3)26-27-47-24-19-33(20-25-47)53-40(51)43-35-17-11-10-16-34(35)31-14-7-5-8-15-31/h5,7-8,10-11,14-17,30,33H,6,9,12-13,18-29H2,1-4H3,(H,41,42)(H,43,51). The number of ether oxygens (including phenoxy) is 2. The summed E-state index contributed by atoms with van der Waals surface area (Å²) >= 11 is 1.49. The predicted octanol–water partition coefficient (Wildman–Crippen LogP) is 5.45. The summed E-state index contributed by atoms with van der Waals surface area (Å²) in [7, 11) is 6.86. The van der Waals surface area contributed by atoms with E-state index in [9.17, 15) is 19.2 Å². The Morgan fingerprint density at radius 2 is 1.52 bits per heavy atom. The van der Waals surface area contributed by atoms with Crippen LogP contribution in [0.2, 0.25) is 0 Å². The third-order valence-corrected chi connectivity index (χ3v) is 10.4. The molecule has 1 fully saturated rings. The summed E-state index contributed by atoms with van der Waals surface area (Å²) in [6.07, 6.45) is 5.07. The first kappa shape index (κ1) is 42.2. The predicted molar refractivity (Wildman–Crippen MR) is 214 cm³/mol. The number of carbonyl (C=O) groups is 4. The van der Waals surface area contributed by atoms with Crippen molar-refractivity contribution < 1.29 is 28.7 Å². The van der Waals surface area contributed by atoms with Crippen LogP contribution in [-0.2, 0) is 30.3 Å². The summed E-state index contributed by atoms with van der Waals surface area (Å²) in [6, 6.07) is 17.7. The zero-order chi connectivity index (χ0) is 38.7. The highest BCUT2D eigenvalue weighted by molar-refractivity contribution is 7.13. The SMILES string of the molecule is COCC(=O)N(C)CCCN(C)C(=O)Cc1csc(NCCCCCC(=O)N(C)CCN2CCC(OC(=O)Nc3ccccc3-c3ccccc3)CC2)n1. The highest BCUT2D eigenvalue weighted by Crippen LogP contribution is 2.28. The maximum absolute atomic E-state index is 12.8. The van der Waals surface area contributed by atoms with Crippen LogP contribution >= 0.6 is 11.3 Å². The number of likely N-dealkylation sites (N-methyl/N-ethyl adjacent to an activating group) is 3. The van der Waals surface area contributed by atoms with Crippen molar-refractivity contribution >= 4 is 46.0 Å². The number of aromatic nitrogens is 1. The molecule has 3 aromatic rings. The van der Waals surface area contributed by atoms with Crippen molar-refractivity contribution in [1.29, 1.82) is 0 Å². The number of hydrogen-bond donors (Lipinski definition) is 2. The van der Waals surface area contributed by atoms with Crippen molar-refractivity contribution in [3.8, 4) is 11.1 Å². The number of rotatable bonds is 21. The van der Waals surface area contributed by atoms with Crippen LogP contribution in [0.3, 0.4) is 0 Å². The van der Waals surface area contributed by atoms with E-state index in [2.05, 4.69) is 20.5 Å². The van der Waals surface area contributed by atoms with Gasteiger partial charge in [0.1, 0.15) is 12.7 Å². The third kappa shape index (κ3) is 14.4. The fraction of sp³-hybridized carbons (Fsp3) is 0.525. The minimum atomic E-state index is -0.436. The minimum absolute atomic E-state index is 0.00903. The molecule has 2 heterocycles. The Hall–Kier alpha value is -4.53. The lowest BCUT2D eigenvalue weighted by Gasteiger charge is -2.32. The van der Waals surface area contributed by atoms with Gasteiger partial charge in [-0.15, -0.1) is 11.3 Å². The second-order valence-electron chi connectivity index (χ2n) is 13.8. The molecule has 0 saturated carbocycles. The number of piperidine rings is 1. The van der Waals surface area contributed by atoms with E-state index in [1.165, 1.54) is 18.4 Å². The fourth-order valence-electron chi connectivity index (χ4n) is 6.17. The Morgan fingerprint density at radius 1 is 0.833 bits per heavy atom. The Balaban J connectivity index is 1.02. The van der Waals surface area contributed by atoms with Crippen molar-refractivity contribution in [2.45, 2.75) is 57.5 Å². The molecule has 2 N–H and O–H groups in total. The van der Waals surface area contributed by atoms with E-state index in [1.807, 2.05) is 71.9 Å². The lowest BCUT2D eigenvalue weighted by atomic mass is 10.0. The molecule has 4 rings (SSSR count). The maximum Gasteiger partial charge on any atom is 0.411 e. The van der Waals surface area contributed by atoms with Crippen LogP contribution in [-0.4, -0.2) is 135 Å². The van der Waals surface area contributed by atoms with Crippen LogP contribution in [0.4, 0.5) is 15.6 Å². The first-order valence-electron chi connectivity index (χ1n) is 18.9. The Labute approximate surface area is 324 Å². The molecule has 2 aromatic carbocycles. The lowest BCUT2D eigenvalue weighted by molar-refractivity contribution is -0.134. The normalized spacial score (nSPS) is 13.3. The molecular formula is C40H57N7O6S. The van der Waals surface area contributed by atoms with Crippen LogP contribution < -0.4 is 10.6 Å². The molecular weight excluding hydrogens is 707 g/mol. The molecule has 0 radical (unpaired) electrons. The Kier molecular flexibility index (Phi) is 17.7. The van der Waals surface area contributed by atoms with Crippen molar-refractivity contribution in [3.05, 3.63) is 65.7 Å². The molecule has 0 bridgehead atoms. The number of hydrogen-bond acceptors (Lipinski definition) is 10. The first-order valence-corrected chi connectivity index (χ1v) is 19.7. The largest absolute Gasteiger partial charge is 0.446 e. The molecule has 0 spiro atoms. The van der Waals surface area contributed by atoms with Gasteiger partial charge in [-0.1, -0.05) is 55.0 Å². The van der Waals surface area contributed by atoms with Gasteiger partial charge in [-0.05, 0) is 43.7 Å². The maximum atomic E-state index is 12.8. The van der Waals surface area contributed by atoms with Gasteiger partial charge in [0.25, 0.3) is 0 Å². The first-order chi connectivity index (χ1) is 26.1. The molecule has 0 unspecified atom stereocenters. The van der Waals surface area contributed by atoms with Crippen molar-refractivity contribution in [2.24, 2.45) is 0 Å². The molecule has 1 saturated heterocycles. The summed E-state index contributed by atoms with van der Waals surface area (Å²) in [4.78, 5) is 61.9. The number of methoxy groups -OCH3 is 1. The van der Waals surface area contributed by atoms with Gasteiger partial charge in [-0.3, -0.25) is 19.7 Å². The van der Waals surface area contributed by atoms with Gasteiger partial charge in [0.15, 0.2) is 5.13 Å². The second-order valence-corrected chi connectivity index (χ2v) is 14.6. The molecule has 54 heavy (non-hydrogen) atoms. The average Bonchev–Trinajstić information content (AvgIpc) is 3.62. The summed E-state index contributed by atoms with van der Waals surface area (Å²) in [6.45, 7) is 5.02. The van der Waals surface area contributed by atoms with Gasteiger partial charge in [0.05, 0.1) is 17.8 Å². The van der Waals surface area contributed by atoms with Gasteiger partial charge in [-0.25, -0.2) is 9.78 Å². The number of amides is 4. The summed E-state index contributed by atoms with van der Waals surface area (Å²) in [5.74, 6) is 0.0639. The van der Waals surface area contributed by atoms with Gasteiger partial charge < -0.3 is 34.4 Å². The topological polar surface area (TPSA) is 137 Å². The summed E-state index contributed by atoms with van der Waals surface area (Å²) in [5.41, 5.74) is 3.44. The van der Waals surface area contributed by atoms with Gasteiger partial charge >= 0.3 is 6.09 Å². The number of benzene rings is 2. The summed E-state index contributed by atoms with van der Waals surface area (Å²) in [5, 5.41) is 8.96. The van der Waals surface area contributed by atoms with Crippen LogP contribution in [0.1, 0.15) is 50.6 Å². The fourth-order valence-corrected chi connectivity index (χ4v) is 6.91. The zero-order valence-electron chi connectivity index (χ0n) is 32.3. The van der Waals surface area contributed by atoms with E-state index < -0.39 is 6.09 Å². The average molecular weight is 764 g/mol. The zero-order valence-corrected chi connectivity index (χ0v) is 33.1.